The molecule has 2 heterocycles. The highest BCUT2D eigenvalue weighted by Crippen LogP contribution is 2.43. The number of aromatic hydroxyl groups is 1. The van der Waals surface area contributed by atoms with E-state index in [2.05, 4.69) is 5.32 Å². The third-order valence-corrected chi connectivity index (χ3v) is 7.23. The van der Waals surface area contributed by atoms with Gasteiger partial charge in [-0.15, -0.1) is 0 Å². The topological polar surface area (TPSA) is 109 Å². The summed E-state index contributed by atoms with van der Waals surface area (Å²) in [6.45, 7) is 3.14. The molecule has 1 saturated heterocycles. The van der Waals surface area contributed by atoms with E-state index in [9.17, 15) is 19.5 Å². The molecular weight excluding hydrogens is 531 g/mol. The van der Waals surface area contributed by atoms with Gasteiger partial charge in [0.15, 0.2) is 0 Å². The molecule has 1 fully saturated rings. The Kier molecular flexibility index (Phi) is 7.19. The standard InChI is InChI=1S/C28H24Cl2N2O6/c1-2-37-28(36)32-9-7-17(8-10-32)31-27(35)16-5-3-15(4-6-16)26-18-11-20(29)22(33)13-24(18)38-25-14-23(34)21(30)12-19(25)26/h3-6,11-14,17,33H,2,7-10H2,1H3,(H,31,35). The Morgan fingerprint density at radius 1 is 1.08 bits per heavy atom. The van der Waals surface area contributed by atoms with E-state index in [1.165, 1.54) is 12.1 Å². The lowest BCUT2D eigenvalue weighted by atomic mass is 9.93. The van der Waals surface area contributed by atoms with E-state index >= 15 is 0 Å². The molecule has 0 unspecified atom stereocenters. The molecule has 0 spiro atoms. The Balaban J connectivity index is 1.42. The molecule has 196 valence electrons. The van der Waals surface area contributed by atoms with E-state index in [-0.39, 0.29) is 39.3 Å². The van der Waals surface area contributed by atoms with Crippen LogP contribution >= 0.6 is 23.2 Å². The molecule has 2 aromatic carbocycles. The second-order valence-corrected chi connectivity index (χ2v) is 9.88. The van der Waals surface area contributed by atoms with Crippen molar-refractivity contribution in [3.8, 4) is 28.2 Å². The molecule has 1 aliphatic carbocycles. The van der Waals surface area contributed by atoms with Gasteiger partial charge in [-0.25, -0.2) is 4.79 Å². The number of nitrogens with zero attached hydrogens (tertiary/aromatic N) is 1. The lowest BCUT2D eigenvalue weighted by Crippen LogP contribution is -2.46. The highest BCUT2D eigenvalue weighted by atomic mass is 35.5. The minimum Gasteiger partial charge on any atom is -0.506 e. The summed E-state index contributed by atoms with van der Waals surface area (Å²) in [5, 5.41) is 13.9. The van der Waals surface area contributed by atoms with Crippen LogP contribution in [0.3, 0.4) is 0 Å². The predicted molar refractivity (Wildman–Crippen MR) is 145 cm³/mol. The molecule has 2 amide bonds. The molecule has 2 aromatic rings. The number of nitrogens with one attached hydrogen (secondary N) is 1. The number of hydrogen-bond donors (Lipinski definition) is 2. The molecular formula is C28H24Cl2N2O6. The van der Waals surface area contributed by atoms with Gasteiger partial charge >= 0.3 is 6.09 Å². The van der Waals surface area contributed by atoms with Crippen molar-refractivity contribution in [3.05, 3.63) is 74.4 Å². The summed E-state index contributed by atoms with van der Waals surface area (Å²) in [4.78, 5) is 38.7. The first kappa shape index (κ1) is 25.9. The monoisotopic (exact) mass is 554 g/mol. The lowest BCUT2D eigenvalue weighted by Gasteiger charge is -2.31. The Morgan fingerprint density at radius 3 is 2.47 bits per heavy atom. The predicted octanol–water partition coefficient (Wildman–Crippen LogP) is 5.93. The Morgan fingerprint density at radius 2 is 1.79 bits per heavy atom. The molecule has 2 aliphatic heterocycles. The van der Waals surface area contributed by atoms with Crippen LogP contribution in [0.25, 0.3) is 33.4 Å². The van der Waals surface area contributed by atoms with Crippen LogP contribution in [0.15, 0.2) is 57.7 Å². The first-order chi connectivity index (χ1) is 18.2. The van der Waals surface area contributed by atoms with Gasteiger partial charge in [0.2, 0.25) is 5.43 Å². The molecule has 10 heteroatoms. The van der Waals surface area contributed by atoms with Gasteiger partial charge in [-0.3, -0.25) is 9.59 Å². The van der Waals surface area contributed by atoms with Crippen LogP contribution in [-0.2, 0) is 4.74 Å². The van der Waals surface area contributed by atoms with E-state index in [1.54, 1.807) is 48.2 Å². The largest absolute Gasteiger partial charge is 0.506 e. The normalized spacial score (nSPS) is 14.1. The van der Waals surface area contributed by atoms with Gasteiger partial charge in [-0.05, 0) is 49.6 Å². The Labute approximate surface area is 228 Å². The maximum absolute atomic E-state index is 12.9. The lowest BCUT2D eigenvalue weighted by molar-refractivity contribution is 0.0860. The van der Waals surface area contributed by atoms with E-state index in [0.717, 1.165) is 5.56 Å². The molecule has 38 heavy (non-hydrogen) atoms. The van der Waals surface area contributed by atoms with Gasteiger partial charge in [0.05, 0.1) is 16.7 Å². The summed E-state index contributed by atoms with van der Waals surface area (Å²) in [7, 11) is 0. The molecule has 2 N–H and O–H groups in total. The fourth-order valence-corrected chi connectivity index (χ4v) is 5.02. The summed E-state index contributed by atoms with van der Waals surface area (Å²) >= 11 is 12.4. The second kappa shape index (κ2) is 10.6. The summed E-state index contributed by atoms with van der Waals surface area (Å²) in [6, 6.07) is 12.8. The van der Waals surface area contributed by atoms with Gasteiger partial charge in [0.1, 0.15) is 17.1 Å². The number of phenols is 1. The summed E-state index contributed by atoms with van der Waals surface area (Å²) in [5.74, 6) is -0.0554. The molecule has 0 saturated carbocycles. The van der Waals surface area contributed by atoms with Crippen molar-refractivity contribution in [3.63, 3.8) is 0 Å². The third kappa shape index (κ3) is 5.01. The molecule has 0 bridgehead atoms. The summed E-state index contributed by atoms with van der Waals surface area (Å²) < 4.78 is 10.9. The average Bonchev–Trinajstić information content (AvgIpc) is 2.90. The van der Waals surface area contributed by atoms with Crippen LogP contribution < -0.4 is 10.7 Å². The van der Waals surface area contributed by atoms with Gasteiger partial charge < -0.3 is 24.5 Å². The minimum absolute atomic E-state index is 0.0446. The van der Waals surface area contributed by atoms with Crippen molar-refractivity contribution in [2.75, 3.05) is 19.7 Å². The zero-order valence-electron chi connectivity index (χ0n) is 20.4. The molecule has 0 aromatic heterocycles. The van der Waals surface area contributed by atoms with Crippen molar-refractivity contribution in [2.24, 2.45) is 0 Å². The third-order valence-electron chi connectivity index (χ3n) is 6.63. The van der Waals surface area contributed by atoms with Crippen LogP contribution in [0, 0.1) is 0 Å². The van der Waals surface area contributed by atoms with Crippen molar-refractivity contribution < 1.29 is 23.8 Å². The maximum atomic E-state index is 12.9. The molecule has 8 nitrogen and oxygen atoms in total. The minimum atomic E-state index is -0.383. The maximum Gasteiger partial charge on any atom is 0.409 e. The van der Waals surface area contributed by atoms with Crippen LogP contribution in [0.5, 0.6) is 5.75 Å². The van der Waals surface area contributed by atoms with Gasteiger partial charge in [-0.2, -0.15) is 0 Å². The number of hydrogen-bond acceptors (Lipinski definition) is 6. The zero-order chi connectivity index (χ0) is 27.0. The number of likely N-dealkylation sites (tertiary alicyclic amines) is 1. The van der Waals surface area contributed by atoms with Gasteiger partial charge in [-0.1, -0.05) is 35.3 Å². The van der Waals surface area contributed by atoms with Crippen molar-refractivity contribution in [2.45, 2.75) is 25.8 Å². The number of halogens is 2. The van der Waals surface area contributed by atoms with Crippen molar-refractivity contribution in [1.82, 2.24) is 10.2 Å². The van der Waals surface area contributed by atoms with Crippen LogP contribution in [0.1, 0.15) is 30.1 Å². The Hall–Kier alpha value is -3.75. The van der Waals surface area contributed by atoms with E-state index in [0.29, 0.717) is 66.0 Å². The molecule has 0 radical (unpaired) electrons. The number of amides is 2. The number of piperidine rings is 1. The van der Waals surface area contributed by atoms with E-state index in [4.69, 9.17) is 32.4 Å². The van der Waals surface area contributed by atoms with Crippen LogP contribution in [-0.4, -0.2) is 47.7 Å². The number of fused-ring (bicyclic) bond motifs is 2. The van der Waals surface area contributed by atoms with Crippen LogP contribution in [0.4, 0.5) is 4.79 Å². The summed E-state index contributed by atoms with van der Waals surface area (Å²) in [5.41, 5.74) is 2.47. The quantitative estimate of drug-likeness (QED) is 0.302. The SMILES string of the molecule is CCOC(=O)N1CCC(NC(=O)c2ccc(-c3c4cc(Cl)c(=O)cc-4oc4cc(O)c(Cl)cc34)cc2)CC1. The highest BCUT2D eigenvalue weighted by Gasteiger charge is 2.25. The van der Waals surface area contributed by atoms with Gasteiger partial charge in [0, 0.05) is 53.3 Å². The fraction of sp³-hybridized carbons (Fsp3) is 0.250. The number of benzene rings is 3. The second-order valence-electron chi connectivity index (χ2n) is 9.07. The number of carbonyl (C=O) groups excluding carboxylic acids is 2. The molecule has 3 aliphatic rings. The molecule has 5 rings (SSSR count). The fourth-order valence-electron chi connectivity index (χ4n) is 4.69. The Bertz CT molecular complexity index is 1560. The number of rotatable bonds is 4. The average molecular weight is 555 g/mol. The number of ether oxygens (including phenoxy) is 1. The molecule has 0 atom stereocenters. The van der Waals surface area contributed by atoms with E-state index in [1.807, 2.05) is 0 Å². The number of phenolic OH excluding ortho intramolecular Hbond substituents is 1. The van der Waals surface area contributed by atoms with Crippen molar-refractivity contribution in [1.29, 1.82) is 0 Å². The first-order valence-electron chi connectivity index (χ1n) is 12.2. The number of carbonyl (C=O) groups is 2. The zero-order valence-corrected chi connectivity index (χ0v) is 21.9. The first-order valence-corrected chi connectivity index (χ1v) is 12.9. The smallest absolute Gasteiger partial charge is 0.409 e. The highest BCUT2D eigenvalue weighted by molar-refractivity contribution is 6.33. The van der Waals surface area contributed by atoms with E-state index < -0.39 is 0 Å². The van der Waals surface area contributed by atoms with Crippen molar-refractivity contribution >= 4 is 46.2 Å². The summed E-state index contributed by atoms with van der Waals surface area (Å²) in [6.07, 6.45) is 0.958. The van der Waals surface area contributed by atoms with Crippen LogP contribution in [0.2, 0.25) is 10.0 Å². The van der Waals surface area contributed by atoms with Gasteiger partial charge in [0.25, 0.3) is 5.91 Å².